The van der Waals surface area contributed by atoms with E-state index >= 15 is 0 Å². The van der Waals surface area contributed by atoms with Gasteiger partial charge >= 0.3 is 0 Å². The number of hydrogen-bond donors (Lipinski definition) is 1. The first-order valence-corrected chi connectivity index (χ1v) is 5.51. The summed E-state index contributed by atoms with van der Waals surface area (Å²) in [4.78, 5) is 14.1. The fourth-order valence-electron chi connectivity index (χ4n) is 2.78. The topological polar surface area (TPSA) is 41.6 Å². The molecule has 3 rings (SSSR count). The van der Waals surface area contributed by atoms with Crippen LogP contribution in [0.25, 0.3) is 0 Å². The summed E-state index contributed by atoms with van der Waals surface area (Å²) in [5.41, 5.74) is 0. The van der Waals surface area contributed by atoms with E-state index in [9.17, 15) is 4.79 Å². The van der Waals surface area contributed by atoms with Crippen LogP contribution < -0.4 is 5.32 Å². The summed E-state index contributed by atoms with van der Waals surface area (Å²) in [6, 6.07) is 0.899. The smallest absolute Gasteiger partial charge is 0.252 e. The Hall–Kier alpha value is -0.610. The van der Waals surface area contributed by atoms with Crippen molar-refractivity contribution in [3.63, 3.8) is 0 Å². The van der Waals surface area contributed by atoms with E-state index in [4.69, 9.17) is 4.74 Å². The third-order valence-corrected chi connectivity index (χ3v) is 3.55. The minimum Gasteiger partial charge on any atom is -0.368 e. The van der Waals surface area contributed by atoms with Gasteiger partial charge in [-0.3, -0.25) is 4.79 Å². The Bertz CT molecular complexity index is 237. The van der Waals surface area contributed by atoms with Crippen molar-refractivity contribution < 1.29 is 9.53 Å². The number of rotatable bonds is 1. The maximum absolute atomic E-state index is 12.0. The third-order valence-electron chi connectivity index (χ3n) is 3.55. The number of ether oxygens (including phenoxy) is 1. The molecule has 14 heavy (non-hydrogen) atoms. The first-order valence-electron chi connectivity index (χ1n) is 5.51. The second-order valence-electron chi connectivity index (χ2n) is 4.45. The van der Waals surface area contributed by atoms with Gasteiger partial charge in [0.1, 0.15) is 6.10 Å². The summed E-state index contributed by atoms with van der Waals surface area (Å²) in [5, 5.41) is 3.32. The number of hydrogen-bond acceptors (Lipinski definition) is 3. The van der Waals surface area contributed by atoms with Gasteiger partial charge in [0.15, 0.2) is 0 Å². The summed E-state index contributed by atoms with van der Waals surface area (Å²) in [7, 11) is 0. The molecule has 4 nitrogen and oxygen atoms in total. The zero-order valence-corrected chi connectivity index (χ0v) is 8.24. The highest BCUT2D eigenvalue weighted by molar-refractivity contribution is 5.82. The van der Waals surface area contributed by atoms with Crippen LogP contribution in [0.5, 0.6) is 0 Å². The Balaban J connectivity index is 1.67. The molecule has 4 heteroatoms. The normalized spacial score (nSPS) is 40.9. The van der Waals surface area contributed by atoms with Crippen LogP contribution in [0, 0.1) is 0 Å². The number of fused-ring (bicyclic) bond motifs is 2. The van der Waals surface area contributed by atoms with Crippen LogP contribution in [0.3, 0.4) is 0 Å². The van der Waals surface area contributed by atoms with Crippen LogP contribution in [-0.2, 0) is 9.53 Å². The van der Waals surface area contributed by atoms with E-state index < -0.39 is 0 Å². The molecule has 3 saturated heterocycles. The van der Waals surface area contributed by atoms with Crippen molar-refractivity contribution in [3.8, 4) is 0 Å². The summed E-state index contributed by atoms with van der Waals surface area (Å²) in [5.74, 6) is 0.241. The molecule has 3 atom stereocenters. The van der Waals surface area contributed by atoms with E-state index in [1.807, 2.05) is 4.90 Å². The van der Waals surface area contributed by atoms with Crippen molar-refractivity contribution in [1.82, 2.24) is 10.2 Å². The quantitative estimate of drug-likeness (QED) is 0.628. The Morgan fingerprint density at radius 2 is 2.14 bits per heavy atom. The van der Waals surface area contributed by atoms with E-state index in [0.717, 1.165) is 32.5 Å². The van der Waals surface area contributed by atoms with Gasteiger partial charge in [0, 0.05) is 31.8 Å². The average molecular weight is 196 g/mol. The highest BCUT2D eigenvalue weighted by Crippen LogP contribution is 2.30. The first kappa shape index (κ1) is 8.68. The number of nitrogens with one attached hydrogen (secondary N) is 1. The van der Waals surface area contributed by atoms with Crippen LogP contribution in [0.1, 0.15) is 19.3 Å². The lowest BCUT2D eigenvalue weighted by Crippen LogP contribution is -2.70. The molecule has 0 aliphatic carbocycles. The van der Waals surface area contributed by atoms with Gasteiger partial charge < -0.3 is 15.0 Å². The second-order valence-corrected chi connectivity index (χ2v) is 4.45. The fraction of sp³-hybridized carbons (Fsp3) is 0.900. The van der Waals surface area contributed by atoms with E-state index in [-0.39, 0.29) is 12.0 Å². The van der Waals surface area contributed by atoms with Crippen LogP contribution in [0.2, 0.25) is 0 Å². The van der Waals surface area contributed by atoms with Crippen LogP contribution in [0.4, 0.5) is 0 Å². The van der Waals surface area contributed by atoms with Gasteiger partial charge in [0.05, 0.1) is 0 Å². The lowest BCUT2D eigenvalue weighted by Gasteiger charge is -2.53. The highest BCUT2D eigenvalue weighted by atomic mass is 16.5. The van der Waals surface area contributed by atoms with Crippen molar-refractivity contribution in [2.24, 2.45) is 0 Å². The number of piperazine rings is 1. The molecule has 0 radical (unpaired) electrons. The SMILES string of the molecule is O=C([C@H]1CCCO1)N1[C@@H]2CNC[C@H]1C2. The van der Waals surface area contributed by atoms with Gasteiger partial charge in [-0.05, 0) is 19.3 Å². The number of carbonyl (C=O) groups excluding carboxylic acids is 1. The fourth-order valence-corrected chi connectivity index (χ4v) is 2.78. The molecule has 0 saturated carbocycles. The maximum atomic E-state index is 12.0. The molecular weight excluding hydrogens is 180 g/mol. The van der Waals surface area contributed by atoms with Gasteiger partial charge in [-0.25, -0.2) is 0 Å². The molecule has 3 aliphatic heterocycles. The van der Waals surface area contributed by atoms with Crippen molar-refractivity contribution in [1.29, 1.82) is 0 Å². The predicted molar refractivity (Wildman–Crippen MR) is 50.9 cm³/mol. The molecule has 0 aromatic rings. The standard InChI is InChI=1S/C10H16N2O2/c13-10(9-2-1-3-14-9)12-7-4-8(12)6-11-5-7/h7-9,11H,1-6H2/t7-,8+,9-/m1/s1. The first-order chi connectivity index (χ1) is 6.86. The van der Waals surface area contributed by atoms with Crippen molar-refractivity contribution >= 4 is 5.91 Å². The molecule has 0 spiro atoms. The van der Waals surface area contributed by atoms with E-state index in [2.05, 4.69) is 5.32 Å². The Morgan fingerprint density at radius 3 is 2.71 bits per heavy atom. The van der Waals surface area contributed by atoms with Gasteiger partial charge in [0.2, 0.25) is 0 Å². The van der Waals surface area contributed by atoms with Crippen LogP contribution in [-0.4, -0.2) is 48.7 Å². The summed E-state index contributed by atoms with van der Waals surface area (Å²) in [6.45, 7) is 2.70. The summed E-state index contributed by atoms with van der Waals surface area (Å²) >= 11 is 0. The summed E-state index contributed by atoms with van der Waals surface area (Å²) in [6.07, 6.45) is 3.02. The van der Waals surface area contributed by atoms with Crippen molar-refractivity contribution in [2.75, 3.05) is 19.7 Å². The molecule has 0 unspecified atom stereocenters. The molecule has 1 N–H and O–H groups in total. The minimum absolute atomic E-state index is 0.126. The maximum Gasteiger partial charge on any atom is 0.252 e. The second kappa shape index (κ2) is 3.21. The lowest BCUT2D eigenvalue weighted by atomic mass is 9.88. The molecule has 3 heterocycles. The highest BCUT2D eigenvalue weighted by Gasteiger charge is 2.46. The Kier molecular flexibility index (Phi) is 1.99. The van der Waals surface area contributed by atoms with Gasteiger partial charge in [0.25, 0.3) is 5.91 Å². The molecule has 78 valence electrons. The third kappa shape index (κ3) is 1.17. The zero-order valence-electron chi connectivity index (χ0n) is 8.24. The number of piperidine rings is 1. The Labute approximate surface area is 83.6 Å². The van der Waals surface area contributed by atoms with Gasteiger partial charge in [-0.15, -0.1) is 0 Å². The van der Waals surface area contributed by atoms with Crippen molar-refractivity contribution in [3.05, 3.63) is 0 Å². The number of carbonyl (C=O) groups is 1. The van der Waals surface area contributed by atoms with E-state index in [0.29, 0.717) is 12.1 Å². The monoisotopic (exact) mass is 196 g/mol. The van der Waals surface area contributed by atoms with Gasteiger partial charge in [-0.1, -0.05) is 0 Å². The van der Waals surface area contributed by atoms with Crippen LogP contribution >= 0.6 is 0 Å². The van der Waals surface area contributed by atoms with E-state index in [1.54, 1.807) is 0 Å². The molecule has 3 aliphatic rings. The molecule has 3 fully saturated rings. The largest absolute Gasteiger partial charge is 0.368 e. The van der Waals surface area contributed by atoms with E-state index in [1.165, 1.54) is 6.42 Å². The number of amides is 1. The zero-order chi connectivity index (χ0) is 9.54. The molecule has 0 aromatic heterocycles. The molecule has 0 aromatic carbocycles. The minimum atomic E-state index is -0.126. The van der Waals surface area contributed by atoms with Crippen LogP contribution in [0.15, 0.2) is 0 Å². The van der Waals surface area contributed by atoms with Crippen molar-refractivity contribution in [2.45, 2.75) is 37.5 Å². The predicted octanol–water partition coefficient (Wildman–Crippen LogP) is -0.262. The molecule has 2 bridgehead atoms. The Morgan fingerprint density at radius 1 is 1.36 bits per heavy atom. The number of nitrogens with zero attached hydrogens (tertiary/aromatic N) is 1. The lowest BCUT2D eigenvalue weighted by molar-refractivity contribution is -0.157. The summed E-state index contributed by atoms with van der Waals surface area (Å²) < 4.78 is 5.43. The van der Waals surface area contributed by atoms with Gasteiger partial charge in [-0.2, -0.15) is 0 Å². The average Bonchev–Trinajstić information content (AvgIpc) is 2.71. The molecular formula is C10H16N2O2. The molecule has 1 amide bonds.